The first-order valence-corrected chi connectivity index (χ1v) is 4.86. The van der Waals surface area contributed by atoms with Crippen LogP contribution in [0.5, 0.6) is 0 Å². The first-order valence-electron chi connectivity index (χ1n) is 4.86. The van der Waals surface area contributed by atoms with Crippen molar-refractivity contribution in [3.63, 3.8) is 0 Å². The van der Waals surface area contributed by atoms with Gasteiger partial charge in [-0.05, 0) is 13.3 Å². The monoisotopic (exact) mass is 202 g/mol. The first-order chi connectivity index (χ1) is 6.60. The standard InChI is InChI=1S/C10H18O4/c1-4-5-6-9(11)14-8(2)7-10(12)13-3/h8H,4-7H2,1-3H3. The predicted molar refractivity (Wildman–Crippen MR) is 51.7 cm³/mol. The van der Waals surface area contributed by atoms with E-state index in [4.69, 9.17) is 4.74 Å². The molecule has 0 saturated carbocycles. The molecule has 0 bridgehead atoms. The molecule has 4 nitrogen and oxygen atoms in total. The van der Waals surface area contributed by atoms with Gasteiger partial charge in [0.15, 0.2) is 0 Å². The van der Waals surface area contributed by atoms with Crippen LogP contribution in [0.25, 0.3) is 0 Å². The van der Waals surface area contributed by atoms with E-state index in [-0.39, 0.29) is 18.4 Å². The maximum absolute atomic E-state index is 11.1. The highest BCUT2D eigenvalue weighted by molar-refractivity contribution is 5.72. The van der Waals surface area contributed by atoms with Gasteiger partial charge in [0.25, 0.3) is 0 Å². The van der Waals surface area contributed by atoms with Gasteiger partial charge in [-0.15, -0.1) is 0 Å². The minimum absolute atomic E-state index is 0.119. The van der Waals surface area contributed by atoms with Crippen molar-refractivity contribution in [2.75, 3.05) is 7.11 Å². The summed E-state index contributed by atoms with van der Waals surface area (Å²) in [6, 6.07) is 0. The Morgan fingerprint density at radius 3 is 2.43 bits per heavy atom. The second kappa shape index (κ2) is 7.35. The van der Waals surface area contributed by atoms with Crippen molar-refractivity contribution in [1.29, 1.82) is 0 Å². The molecule has 0 aromatic rings. The number of carbonyl (C=O) groups excluding carboxylic acids is 2. The number of carbonyl (C=O) groups is 2. The van der Waals surface area contributed by atoms with Gasteiger partial charge in [0, 0.05) is 6.42 Å². The average Bonchev–Trinajstić information content (AvgIpc) is 2.14. The number of unbranched alkanes of at least 4 members (excludes halogenated alkanes) is 1. The van der Waals surface area contributed by atoms with Gasteiger partial charge >= 0.3 is 11.9 Å². The third kappa shape index (κ3) is 6.46. The number of ether oxygens (including phenoxy) is 2. The lowest BCUT2D eigenvalue weighted by Crippen LogP contribution is -2.19. The van der Waals surface area contributed by atoms with E-state index in [2.05, 4.69) is 4.74 Å². The Morgan fingerprint density at radius 2 is 1.93 bits per heavy atom. The summed E-state index contributed by atoms with van der Waals surface area (Å²) in [6.07, 6.45) is 1.92. The van der Waals surface area contributed by atoms with Gasteiger partial charge in [-0.3, -0.25) is 9.59 Å². The summed E-state index contributed by atoms with van der Waals surface area (Å²) in [5.74, 6) is -0.607. The van der Waals surface area contributed by atoms with E-state index in [1.54, 1.807) is 6.92 Å². The smallest absolute Gasteiger partial charge is 0.309 e. The van der Waals surface area contributed by atoms with E-state index < -0.39 is 6.10 Å². The predicted octanol–water partition coefficient (Wildman–Crippen LogP) is 1.67. The average molecular weight is 202 g/mol. The number of hydrogen-bond acceptors (Lipinski definition) is 4. The Hall–Kier alpha value is -1.06. The Kier molecular flexibility index (Phi) is 6.80. The van der Waals surface area contributed by atoms with Crippen LogP contribution in [-0.4, -0.2) is 25.2 Å². The summed E-state index contributed by atoms with van der Waals surface area (Å²) in [5, 5.41) is 0. The van der Waals surface area contributed by atoms with Gasteiger partial charge in [0.2, 0.25) is 0 Å². The molecule has 0 heterocycles. The summed E-state index contributed by atoms with van der Waals surface area (Å²) in [6.45, 7) is 3.69. The van der Waals surface area contributed by atoms with Gasteiger partial charge in [0.05, 0.1) is 13.5 Å². The highest BCUT2D eigenvalue weighted by atomic mass is 16.6. The molecule has 0 spiro atoms. The van der Waals surface area contributed by atoms with Gasteiger partial charge in [-0.2, -0.15) is 0 Å². The fourth-order valence-electron chi connectivity index (χ4n) is 0.964. The SMILES string of the molecule is CCCCC(=O)OC(C)CC(=O)OC. The molecule has 1 unspecified atom stereocenters. The summed E-state index contributed by atoms with van der Waals surface area (Å²) in [5.41, 5.74) is 0. The van der Waals surface area contributed by atoms with Crippen LogP contribution in [0.3, 0.4) is 0 Å². The zero-order valence-corrected chi connectivity index (χ0v) is 9.04. The van der Waals surface area contributed by atoms with E-state index in [9.17, 15) is 9.59 Å². The lowest BCUT2D eigenvalue weighted by Gasteiger charge is -2.11. The molecule has 0 rings (SSSR count). The van der Waals surface area contributed by atoms with Crippen LogP contribution in [0.2, 0.25) is 0 Å². The largest absolute Gasteiger partial charge is 0.469 e. The minimum atomic E-state index is -0.396. The topological polar surface area (TPSA) is 52.6 Å². The second-order valence-electron chi connectivity index (χ2n) is 3.18. The molecule has 0 saturated heterocycles. The zero-order chi connectivity index (χ0) is 11.0. The van der Waals surface area contributed by atoms with Crippen LogP contribution in [-0.2, 0) is 19.1 Å². The number of esters is 2. The van der Waals surface area contributed by atoms with Crippen LogP contribution >= 0.6 is 0 Å². The molecule has 0 aliphatic carbocycles. The maximum atomic E-state index is 11.1. The summed E-state index contributed by atoms with van der Waals surface area (Å²) >= 11 is 0. The molecule has 0 fully saturated rings. The van der Waals surface area contributed by atoms with Crippen LogP contribution in [0, 0.1) is 0 Å². The van der Waals surface area contributed by atoms with E-state index in [0.717, 1.165) is 12.8 Å². The Morgan fingerprint density at radius 1 is 1.29 bits per heavy atom. The third-order valence-corrected chi connectivity index (χ3v) is 1.75. The molecular weight excluding hydrogens is 184 g/mol. The van der Waals surface area contributed by atoms with Crippen molar-refractivity contribution in [2.24, 2.45) is 0 Å². The molecule has 0 aromatic heterocycles. The number of rotatable bonds is 6. The molecule has 4 heteroatoms. The van der Waals surface area contributed by atoms with Crippen molar-refractivity contribution in [3.8, 4) is 0 Å². The van der Waals surface area contributed by atoms with Gasteiger partial charge in [-0.1, -0.05) is 13.3 Å². The molecule has 1 atom stereocenters. The van der Waals surface area contributed by atoms with Crippen LogP contribution in [0.15, 0.2) is 0 Å². The molecule has 82 valence electrons. The quantitative estimate of drug-likeness (QED) is 0.615. The molecule has 0 aromatic carbocycles. The summed E-state index contributed by atoms with van der Waals surface area (Å²) in [7, 11) is 1.31. The van der Waals surface area contributed by atoms with Crippen LogP contribution < -0.4 is 0 Å². The number of hydrogen-bond donors (Lipinski definition) is 0. The molecule has 0 aliphatic heterocycles. The van der Waals surface area contributed by atoms with Crippen molar-refractivity contribution in [1.82, 2.24) is 0 Å². The molecule has 0 radical (unpaired) electrons. The lowest BCUT2D eigenvalue weighted by molar-refractivity contribution is -0.153. The second-order valence-corrected chi connectivity index (χ2v) is 3.18. The lowest BCUT2D eigenvalue weighted by atomic mass is 10.2. The van der Waals surface area contributed by atoms with Crippen LogP contribution in [0.4, 0.5) is 0 Å². The Bertz CT molecular complexity index is 189. The Balaban J connectivity index is 3.65. The van der Waals surface area contributed by atoms with Crippen molar-refractivity contribution < 1.29 is 19.1 Å². The number of methoxy groups -OCH3 is 1. The van der Waals surface area contributed by atoms with E-state index >= 15 is 0 Å². The van der Waals surface area contributed by atoms with Crippen LogP contribution in [0.1, 0.15) is 39.5 Å². The fraction of sp³-hybridized carbons (Fsp3) is 0.800. The summed E-state index contributed by atoms with van der Waals surface area (Å²) < 4.78 is 9.44. The van der Waals surface area contributed by atoms with Crippen molar-refractivity contribution in [2.45, 2.75) is 45.6 Å². The maximum Gasteiger partial charge on any atom is 0.309 e. The Labute approximate surface area is 84.6 Å². The minimum Gasteiger partial charge on any atom is -0.469 e. The fourth-order valence-corrected chi connectivity index (χ4v) is 0.964. The van der Waals surface area contributed by atoms with Gasteiger partial charge < -0.3 is 9.47 Å². The highest BCUT2D eigenvalue weighted by Gasteiger charge is 2.13. The van der Waals surface area contributed by atoms with E-state index in [0.29, 0.717) is 6.42 Å². The molecular formula is C10H18O4. The first kappa shape index (κ1) is 12.9. The normalized spacial score (nSPS) is 11.9. The van der Waals surface area contributed by atoms with Gasteiger partial charge in [-0.25, -0.2) is 0 Å². The van der Waals surface area contributed by atoms with Crippen molar-refractivity contribution in [3.05, 3.63) is 0 Å². The van der Waals surface area contributed by atoms with Crippen molar-refractivity contribution >= 4 is 11.9 Å². The van der Waals surface area contributed by atoms with E-state index in [1.807, 2.05) is 6.92 Å². The molecule has 14 heavy (non-hydrogen) atoms. The molecule has 0 aliphatic rings. The molecule has 0 N–H and O–H groups in total. The zero-order valence-electron chi connectivity index (χ0n) is 9.04. The third-order valence-electron chi connectivity index (χ3n) is 1.75. The highest BCUT2D eigenvalue weighted by Crippen LogP contribution is 2.03. The molecule has 0 amide bonds. The summed E-state index contributed by atoms with van der Waals surface area (Å²) in [4.78, 5) is 21.9. The van der Waals surface area contributed by atoms with Gasteiger partial charge in [0.1, 0.15) is 6.10 Å². The van der Waals surface area contributed by atoms with E-state index in [1.165, 1.54) is 7.11 Å².